The molecule has 158 valence electrons. The van der Waals surface area contributed by atoms with Gasteiger partial charge in [-0.3, -0.25) is 4.79 Å². The van der Waals surface area contributed by atoms with Crippen molar-refractivity contribution in [2.45, 2.75) is 38.5 Å². The number of benzene rings is 2. The molecular weight excluding hydrogens is 420 g/mol. The minimum atomic E-state index is -0.269. The molecule has 1 amide bonds. The van der Waals surface area contributed by atoms with Gasteiger partial charge in [0.05, 0.1) is 5.75 Å². The smallest absolute Gasteiger partial charge is 0.234 e. The molecule has 1 heterocycles. The molecule has 3 aromatic rings. The van der Waals surface area contributed by atoms with Crippen molar-refractivity contribution in [3.05, 3.63) is 64.4 Å². The van der Waals surface area contributed by atoms with Gasteiger partial charge in [0, 0.05) is 17.8 Å². The lowest BCUT2D eigenvalue weighted by Gasteiger charge is -2.14. The second kappa shape index (κ2) is 10.00. The molecule has 0 spiro atoms. The fourth-order valence-corrected chi connectivity index (χ4v) is 3.89. The first kappa shape index (κ1) is 22.2. The first-order valence-corrected chi connectivity index (χ1v) is 11.1. The Morgan fingerprint density at radius 3 is 2.63 bits per heavy atom. The third kappa shape index (κ3) is 5.55. The predicted octanol–water partition coefficient (Wildman–Crippen LogP) is 5.21. The maximum Gasteiger partial charge on any atom is 0.234 e. The highest BCUT2D eigenvalue weighted by atomic mass is 35.5. The number of nitrogens with one attached hydrogen (secondary N) is 1. The zero-order valence-electron chi connectivity index (χ0n) is 17.5. The molecule has 30 heavy (non-hydrogen) atoms. The average Bonchev–Trinajstić information content (AvgIpc) is 3.09. The lowest BCUT2D eigenvalue weighted by molar-refractivity contribution is -0.113. The van der Waals surface area contributed by atoms with Gasteiger partial charge in [0.1, 0.15) is 5.75 Å². The Morgan fingerprint density at radius 2 is 1.97 bits per heavy atom. The largest absolute Gasteiger partial charge is 0.483 e. The molecule has 0 saturated heterocycles. The third-order valence-electron chi connectivity index (χ3n) is 4.67. The van der Waals surface area contributed by atoms with Crippen LogP contribution in [0.2, 0.25) is 5.02 Å². The minimum Gasteiger partial charge on any atom is -0.483 e. The fourth-order valence-electron chi connectivity index (χ4n) is 2.95. The Bertz CT molecular complexity index is 1020. The Hall–Kier alpha value is -2.51. The number of amides is 1. The van der Waals surface area contributed by atoms with Gasteiger partial charge in [0.15, 0.2) is 17.1 Å². The van der Waals surface area contributed by atoms with E-state index in [1.165, 1.54) is 17.3 Å². The molecule has 6 nitrogen and oxygen atoms in total. The molecule has 2 aromatic carbocycles. The number of hydrogen-bond acceptors (Lipinski definition) is 5. The van der Waals surface area contributed by atoms with Gasteiger partial charge >= 0.3 is 0 Å². The van der Waals surface area contributed by atoms with Crippen LogP contribution in [0.3, 0.4) is 0 Å². The molecule has 0 fully saturated rings. The molecular formula is C22H25ClN4O2S. The SMILES string of the molecule is CCc1ccc(OC(C)c2nnc(SCC(=O)Nc3ccc(Cl)cc3C)n2C)cc1. The number of halogens is 1. The Kier molecular flexibility index (Phi) is 7.39. The predicted molar refractivity (Wildman–Crippen MR) is 121 cm³/mol. The summed E-state index contributed by atoms with van der Waals surface area (Å²) in [7, 11) is 1.87. The van der Waals surface area contributed by atoms with Crippen LogP contribution >= 0.6 is 23.4 Å². The van der Waals surface area contributed by atoms with Crippen molar-refractivity contribution < 1.29 is 9.53 Å². The van der Waals surface area contributed by atoms with Crippen LogP contribution in [0.15, 0.2) is 47.6 Å². The normalized spacial score (nSPS) is 11.9. The van der Waals surface area contributed by atoms with Crippen LogP contribution in [0.25, 0.3) is 0 Å². The number of hydrogen-bond donors (Lipinski definition) is 1. The summed E-state index contributed by atoms with van der Waals surface area (Å²) in [5, 5.41) is 12.7. The van der Waals surface area contributed by atoms with Crippen LogP contribution in [0.4, 0.5) is 5.69 Å². The van der Waals surface area contributed by atoms with Crippen LogP contribution in [0.1, 0.15) is 36.9 Å². The number of anilines is 1. The van der Waals surface area contributed by atoms with E-state index in [2.05, 4.69) is 34.6 Å². The molecule has 1 unspecified atom stereocenters. The van der Waals surface area contributed by atoms with E-state index in [1.54, 1.807) is 12.1 Å². The van der Waals surface area contributed by atoms with Crippen LogP contribution in [-0.4, -0.2) is 26.4 Å². The maximum absolute atomic E-state index is 12.3. The van der Waals surface area contributed by atoms with Crippen molar-refractivity contribution in [2.24, 2.45) is 7.05 Å². The summed E-state index contributed by atoms with van der Waals surface area (Å²) < 4.78 is 7.86. The third-order valence-corrected chi connectivity index (χ3v) is 5.93. The molecule has 0 radical (unpaired) electrons. The number of aromatic nitrogens is 3. The van der Waals surface area contributed by atoms with Crippen molar-refractivity contribution in [2.75, 3.05) is 11.1 Å². The summed E-state index contributed by atoms with van der Waals surface area (Å²) >= 11 is 7.29. The summed E-state index contributed by atoms with van der Waals surface area (Å²) in [6, 6.07) is 13.4. The Morgan fingerprint density at radius 1 is 1.23 bits per heavy atom. The first-order valence-electron chi connectivity index (χ1n) is 9.71. The summed E-state index contributed by atoms with van der Waals surface area (Å²) in [6.45, 7) is 5.96. The minimum absolute atomic E-state index is 0.115. The van der Waals surface area contributed by atoms with E-state index in [4.69, 9.17) is 16.3 Å². The van der Waals surface area contributed by atoms with Gasteiger partial charge in [-0.2, -0.15) is 0 Å². The zero-order valence-corrected chi connectivity index (χ0v) is 19.0. The van der Waals surface area contributed by atoms with Gasteiger partial charge in [0.25, 0.3) is 0 Å². The topological polar surface area (TPSA) is 69.0 Å². The number of thioether (sulfide) groups is 1. The molecule has 3 rings (SSSR count). The molecule has 1 atom stereocenters. The van der Waals surface area contributed by atoms with Gasteiger partial charge in [0.2, 0.25) is 5.91 Å². The van der Waals surface area contributed by atoms with Gasteiger partial charge < -0.3 is 14.6 Å². The van der Waals surface area contributed by atoms with Crippen LogP contribution in [0, 0.1) is 6.92 Å². The van der Waals surface area contributed by atoms with E-state index >= 15 is 0 Å². The molecule has 1 N–H and O–H groups in total. The van der Waals surface area contributed by atoms with Crippen molar-refractivity contribution in [3.8, 4) is 5.75 Å². The number of ether oxygens (including phenoxy) is 1. The average molecular weight is 445 g/mol. The number of aryl methyl sites for hydroxylation is 2. The summed E-state index contributed by atoms with van der Waals surface area (Å²) in [5.74, 6) is 1.60. The van der Waals surface area contributed by atoms with Crippen LogP contribution < -0.4 is 10.1 Å². The lowest BCUT2D eigenvalue weighted by Crippen LogP contribution is -2.15. The van der Waals surface area contributed by atoms with Gasteiger partial charge in [-0.1, -0.05) is 42.4 Å². The molecule has 0 saturated carbocycles. The second-order valence-corrected chi connectivity index (χ2v) is 8.33. The van der Waals surface area contributed by atoms with E-state index < -0.39 is 0 Å². The number of rotatable bonds is 8. The fraction of sp³-hybridized carbons (Fsp3) is 0.318. The zero-order chi connectivity index (χ0) is 21.7. The molecule has 0 bridgehead atoms. The van der Waals surface area contributed by atoms with E-state index in [0.29, 0.717) is 16.0 Å². The van der Waals surface area contributed by atoms with Crippen molar-refractivity contribution in [1.82, 2.24) is 14.8 Å². The molecule has 0 aliphatic rings. The molecule has 0 aliphatic heterocycles. The highest BCUT2D eigenvalue weighted by Gasteiger charge is 2.18. The van der Waals surface area contributed by atoms with E-state index in [0.717, 1.165) is 23.4 Å². The highest BCUT2D eigenvalue weighted by Crippen LogP contribution is 2.25. The quantitative estimate of drug-likeness (QED) is 0.483. The number of carbonyl (C=O) groups excluding carboxylic acids is 1. The molecule has 8 heteroatoms. The lowest BCUT2D eigenvalue weighted by atomic mass is 10.2. The van der Waals surface area contributed by atoms with Gasteiger partial charge in [-0.15, -0.1) is 10.2 Å². The monoisotopic (exact) mass is 444 g/mol. The summed E-state index contributed by atoms with van der Waals surface area (Å²) in [4.78, 5) is 12.3. The van der Waals surface area contributed by atoms with Gasteiger partial charge in [-0.05, 0) is 61.7 Å². The Labute approximate surface area is 186 Å². The van der Waals surface area contributed by atoms with Crippen LogP contribution in [-0.2, 0) is 18.3 Å². The molecule has 1 aromatic heterocycles. The van der Waals surface area contributed by atoms with E-state index in [-0.39, 0.29) is 17.8 Å². The summed E-state index contributed by atoms with van der Waals surface area (Å²) in [6.07, 6.45) is 0.722. The molecule has 0 aliphatic carbocycles. The standard InChI is InChI=1S/C22H25ClN4O2S/c1-5-16-6-9-18(10-7-16)29-15(3)21-25-26-22(27(21)4)30-13-20(28)24-19-11-8-17(23)12-14(19)2/h6-12,15H,5,13H2,1-4H3,(H,24,28). The van der Waals surface area contributed by atoms with E-state index in [9.17, 15) is 4.79 Å². The Balaban J connectivity index is 1.58. The number of nitrogens with zero attached hydrogens (tertiary/aromatic N) is 3. The first-order chi connectivity index (χ1) is 14.4. The maximum atomic E-state index is 12.3. The van der Waals surface area contributed by atoms with Crippen molar-refractivity contribution >= 4 is 35.0 Å². The second-order valence-electron chi connectivity index (χ2n) is 6.95. The highest BCUT2D eigenvalue weighted by molar-refractivity contribution is 7.99. The van der Waals surface area contributed by atoms with Gasteiger partial charge in [-0.25, -0.2) is 0 Å². The number of carbonyl (C=O) groups is 1. The van der Waals surface area contributed by atoms with Crippen molar-refractivity contribution in [1.29, 1.82) is 0 Å². The van der Waals surface area contributed by atoms with Crippen molar-refractivity contribution in [3.63, 3.8) is 0 Å². The summed E-state index contributed by atoms with van der Waals surface area (Å²) in [5.41, 5.74) is 2.93. The van der Waals surface area contributed by atoms with Crippen LogP contribution in [0.5, 0.6) is 5.75 Å². The van der Waals surface area contributed by atoms with E-state index in [1.807, 2.05) is 43.7 Å².